The van der Waals surface area contributed by atoms with Crippen LogP contribution in [0.25, 0.3) is 0 Å². The molecular formula is C24H30N4O5S. The number of carbonyl (C=O) groups is 2. The van der Waals surface area contributed by atoms with E-state index in [1.807, 2.05) is 18.2 Å². The van der Waals surface area contributed by atoms with E-state index in [9.17, 15) is 18.0 Å². The molecule has 0 radical (unpaired) electrons. The van der Waals surface area contributed by atoms with Gasteiger partial charge in [0.2, 0.25) is 15.9 Å². The van der Waals surface area contributed by atoms with Gasteiger partial charge in [0.05, 0.1) is 17.1 Å². The minimum Gasteiger partial charge on any atom is -0.482 e. The first-order chi connectivity index (χ1) is 16.2. The van der Waals surface area contributed by atoms with Crippen molar-refractivity contribution >= 4 is 27.5 Å². The normalized spacial score (nSPS) is 17.1. The minimum absolute atomic E-state index is 0.0260. The molecule has 2 aromatic carbocycles. The molecule has 0 atom stereocenters. The van der Waals surface area contributed by atoms with E-state index >= 15 is 0 Å². The lowest BCUT2D eigenvalue weighted by Gasteiger charge is -2.32. The average Bonchev–Trinajstić information content (AvgIpc) is 2.80. The van der Waals surface area contributed by atoms with E-state index in [0.29, 0.717) is 17.0 Å². The number of hydrogen-bond donors (Lipinski definition) is 2. The van der Waals surface area contributed by atoms with Gasteiger partial charge in [-0.2, -0.15) is 4.31 Å². The molecule has 2 heterocycles. The summed E-state index contributed by atoms with van der Waals surface area (Å²) in [5.41, 5.74) is 2.16. The molecule has 34 heavy (non-hydrogen) atoms. The molecule has 2 aliphatic heterocycles. The van der Waals surface area contributed by atoms with E-state index in [4.69, 9.17) is 4.74 Å². The number of carbonyl (C=O) groups excluding carboxylic acids is 2. The average molecular weight is 487 g/mol. The molecular weight excluding hydrogens is 456 g/mol. The number of amides is 2. The first-order valence-electron chi connectivity index (χ1n) is 11.3. The van der Waals surface area contributed by atoms with Crippen molar-refractivity contribution in [2.45, 2.75) is 37.2 Å². The van der Waals surface area contributed by atoms with Crippen LogP contribution in [0.15, 0.2) is 47.4 Å². The van der Waals surface area contributed by atoms with Crippen LogP contribution in [0, 0.1) is 6.92 Å². The van der Waals surface area contributed by atoms with E-state index in [2.05, 4.69) is 27.7 Å². The number of fused-ring (bicyclic) bond motifs is 1. The number of nitrogens with one attached hydrogen (secondary N) is 2. The second kappa shape index (κ2) is 10.1. The molecule has 0 aliphatic carbocycles. The van der Waals surface area contributed by atoms with Gasteiger partial charge in [-0.05, 0) is 37.0 Å². The van der Waals surface area contributed by atoms with Gasteiger partial charge in [-0.25, -0.2) is 8.42 Å². The summed E-state index contributed by atoms with van der Waals surface area (Å²) in [4.78, 5) is 26.5. The van der Waals surface area contributed by atoms with Crippen LogP contribution in [0.4, 0.5) is 5.69 Å². The molecule has 182 valence electrons. The van der Waals surface area contributed by atoms with Crippen LogP contribution >= 0.6 is 0 Å². The van der Waals surface area contributed by atoms with E-state index < -0.39 is 10.0 Å². The van der Waals surface area contributed by atoms with Crippen LogP contribution in [-0.4, -0.2) is 68.8 Å². The molecule has 0 unspecified atom stereocenters. The summed E-state index contributed by atoms with van der Waals surface area (Å²) in [7, 11) is -2.54. The zero-order valence-corrected chi connectivity index (χ0v) is 20.2. The summed E-state index contributed by atoms with van der Waals surface area (Å²) in [6, 6.07) is 13.3. The zero-order valence-electron chi connectivity index (χ0n) is 19.4. The van der Waals surface area contributed by atoms with Gasteiger partial charge in [-0.3, -0.25) is 14.5 Å². The summed E-state index contributed by atoms with van der Waals surface area (Å²) in [6.07, 6.45) is 1.64. The molecule has 4 rings (SSSR count). The number of sulfonamides is 1. The molecule has 2 amide bonds. The third-order valence-corrected chi connectivity index (χ3v) is 8.11. The summed E-state index contributed by atoms with van der Waals surface area (Å²) >= 11 is 0. The van der Waals surface area contributed by atoms with Crippen molar-refractivity contribution in [3.8, 4) is 5.75 Å². The van der Waals surface area contributed by atoms with Crippen LogP contribution in [0.1, 0.15) is 24.0 Å². The molecule has 2 N–H and O–H groups in total. The van der Waals surface area contributed by atoms with E-state index in [1.54, 1.807) is 13.0 Å². The summed E-state index contributed by atoms with van der Waals surface area (Å²) in [5, 5.41) is 5.65. The fourth-order valence-corrected chi connectivity index (χ4v) is 5.64. The van der Waals surface area contributed by atoms with E-state index in [-0.39, 0.29) is 35.9 Å². The number of aryl methyl sites for hydroxylation is 1. The van der Waals surface area contributed by atoms with Crippen molar-refractivity contribution < 1.29 is 22.7 Å². The molecule has 0 aromatic heterocycles. The summed E-state index contributed by atoms with van der Waals surface area (Å²) in [5.74, 6) is -0.321. The predicted octanol–water partition coefficient (Wildman–Crippen LogP) is 1.73. The SMILES string of the molecule is Cc1cc2c(cc1S(=O)(=O)N(C)CC(=O)NC1CCN(Cc3ccccc3)CC1)OCC(=O)N2. The van der Waals surface area contributed by atoms with Gasteiger partial charge in [0.1, 0.15) is 5.75 Å². The Labute approximate surface area is 200 Å². The maximum Gasteiger partial charge on any atom is 0.262 e. The number of nitrogens with zero attached hydrogens (tertiary/aromatic N) is 2. The lowest BCUT2D eigenvalue weighted by molar-refractivity contribution is -0.122. The Hall–Kier alpha value is -2.95. The van der Waals surface area contributed by atoms with Crippen LogP contribution in [0.2, 0.25) is 0 Å². The van der Waals surface area contributed by atoms with Gasteiger partial charge in [-0.15, -0.1) is 0 Å². The second-order valence-corrected chi connectivity index (χ2v) is 10.8. The number of likely N-dealkylation sites (tertiary alicyclic amines) is 1. The van der Waals surface area contributed by atoms with Gasteiger partial charge < -0.3 is 15.4 Å². The standard InChI is InChI=1S/C24H30N4O5S/c1-17-12-20-21(33-16-24(30)26-20)13-22(17)34(31,32)27(2)15-23(29)25-19-8-10-28(11-9-19)14-18-6-4-3-5-7-18/h3-7,12-13,19H,8-11,14-16H2,1-2H3,(H,25,29)(H,26,30). The van der Waals surface area contributed by atoms with Gasteiger partial charge in [0.25, 0.3) is 5.91 Å². The highest BCUT2D eigenvalue weighted by atomic mass is 32.2. The van der Waals surface area contributed by atoms with Crippen molar-refractivity contribution in [3.05, 3.63) is 53.6 Å². The highest BCUT2D eigenvalue weighted by molar-refractivity contribution is 7.89. The second-order valence-electron chi connectivity index (χ2n) is 8.82. The first-order valence-corrected chi connectivity index (χ1v) is 12.8. The maximum absolute atomic E-state index is 13.1. The smallest absolute Gasteiger partial charge is 0.262 e. The van der Waals surface area contributed by atoms with E-state index in [1.165, 1.54) is 18.7 Å². The number of hydrogen-bond acceptors (Lipinski definition) is 6. The monoisotopic (exact) mass is 486 g/mol. The third kappa shape index (κ3) is 5.57. The number of benzene rings is 2. The Kier molecular flexibility index (Phi) is 7.20. The molecule has 10 heteroatoms. The topological polar surface area (TPSA) is 108 Å². The molecule has 1 fully saturated rings. The van der Waals surface area contributed by atoms with E-state index in [0.717, 1.165) is 36.8 Å². The van der Waals surface area contributed by atoms with Crippen molar-refractivity contribution in [2.75, 3.05) is 38.6 Å². The number of ether oxygens (including phenoxy) is 1. The van der Waals surface area contributed by atoms with Gasteiger partial charge in [-0.1, -0.05) is 30.3 Å². The van der Waals surface area contributed by atoms with Crippen molar-refractivity contribution in [1.29, 1.82) is 0 Å². The molecule has 2 aliphatic rings. The zero-order chi connectivity index (χ0) is 24.3. The largest absolute Gasteiger partial charge is 0.482 e. The Bertz CT molecular complexity index is 1160. The molecule has 9 nitrogen and oxygen atoms in total. The maximum atomic E-state index is 13.1. The molecule has 0 bridgehead atoms. The minimum atomic E-state index is -3.92. The van der Waals surface area contributed by atoms with Crippen molar-refractivity contribution in [3.63, 3.8) is 0 Å². The number of anilines is 1. The molecule has 2 aromatic rings. The van der Waals surface area contributed by atoms with Crippen LogP contribution < -0.4 is 15.4 Å². The first kappa shape index (κ1) is 24.2. The fourth-order valence-electron chi connectivity index (χ4n) is 4.30. The quantitative estimate of drug-likeness (QED) is 0.617. The lowest BCUT2D eigenvalue weighted by Crippen LogP contribution is -2.47. The van der Waals surface area contributed by atoms with Gasteiger partial charge in [0, 0.05) is 38.8 Å². The Morgan fingerprint density at radius 2 is 1.91 bits per heavy atom. The van der Waals surface area contributed by atoms with Gasteiger partial charge >= 0.3 is 0 Å². The van der Waals surface area contributed by atoms with Crippen LogP contribution in [0.5, 0.6) is 5.75 Å². The fraction of sp³-hybridized carbons (Fsp3) is 0.417. The number of likely N-dealkylation sites (N-methyl/N-ethyl adjacent to an activating group) is 1. The number of rotatable bonds is 7. The van der Waals surface area contributed by atoms with Gasteiger partial charge in [0.15, 0.2) is 6.61 Å². The molecule has 0 spiro atoms. The van der Waals surface area contributed by atoms with Crippen molar-refractivity contribution in [2.24, 2.45) is 0 Å². The summed E-state index contributed by atoms with van der Waals surface area (Å²) < 4.78 is 32.7. The molecule has 1 saturated heterocycles. The third-order valence-electron chi connectivity index (χ3n) is 6.17. The Morgan fingerprint density at radius 3 is 2.62 bits per heavy atom. The highest BCUT2D eigenvalue weighted by Gasteiger charge is 2.29. The Balaban J connectivity index is 1.32. The molecule has 0 saturated carbocycles. The lowest BCUT2D eigenvalue weighted by atomic mass is 10.0. The van der Waals surface area contributed by atoms with Crippen LogP contribution in [-0.2, 0) is 26.2 Å². The van der Waals surface area contributed by atoms with Crippen molar-refractivity contribution in [1.82, 2.24) is 14.5 Å². The predicted molar refractivity (Wildman–Crippen MR) is 128 cm³/mol. The Morgan fingerprint density at radius 1 is 1.21 bits per heavy atom. The van der Waals surface area contributed by atoms with Crippen LogP contribution in [0.3, 0.4) is 0 Å². The number of piperidine rings is 1. The summed E-state index contributed by atoms with van der Waals surface area (Å²) in [6.45, 7) is 3.83. The highest BCUT2D eigenvalue weighted by Crippen LogP contribution is 2.33.